The van der Waals surface area contributed by atoms with Crippen LogP contribution in [-0.2, 0) is 0 Å². The molecule has 0 saturated heterocycles. The van der Waals surface area contributed by atoms with E-state index in [4.69, 9.17) is 0 Å². The normalized spacial score (nSPS) is 10.8. The molecule has 0 heterocycles. The van der Waals surface area contributed by atoms with Gasteiger partial charge in [0.1, 0.15) is 0 Å². The molecule has 7 heteroatoms. The topological polar surface area (TPSA) is 55.3 Å². The van der Waals surface area contributed by atoms with Crippen molar-refractivity contribution < 1.29 is 4.92 Å². The zero-order chi connectivity index (χ0) is 10.5. The second-order valence-corrected chi connectivity index (χ2v) is 2.31. The molecule has 0 fully saturated rings. The van der Waals surface area contributed by atoms with Crippen LogP contribution in [0.3, 0.4) is 0 Å². The minimum absolute atomic E-state index is 0.00694. The van der Waals surface area contributed by atoms with Crippen LogP contribution in [0.2, 0.25) is 0 Å². The van der Waals surface area contributed by atoms with Gasteiger partial charge in [0.15, 0.2) is 0 Å². The van der Waals surface area contributed by atoms with Gasteiger partial charge in [-0.3, -0.25) is 0 Å². The summed E-state index contributed by atoms with van der Waals surface area (Å²) >= 11 is 0. The lowest BCUT2D eigenvalue weighted by Gasteiger charge is -2.40. The lowest BCUT2D eigenvalue weighted by molar-refractivity contribution is -1.19. The lowest BCUT2D eigenvalue weighted by Crippen LogP contribution is -2.75. The largest absolute Gasteiger partial charge is 0.140 e. The second-order valence-electron chi connectivity index (χ2n) is 2.31. The van der Waals surface area contributed by atoms with Crippen LogP contribution < -0.4 is 10.9 Å². The fourth-order valence-electron chi connectivity index (χ4n) is 1.06. The number of hydrogen-bond acceptors (Lipinski definition) is 6. The average molecular weight is 188 g/mol. The zero-order valence-electron chi connectivity index (χ0n) is 8.65. The molecule has 0 aliphatic heterocycles. The Labute approximate surface area is 78.8 Å². The Bertz CT molecular complexity index is 160. The molecule has 0 aliphatic carbocycles. The zero-order valence-corrected chi connectivity index (χ0v) is 8.65. The van der Waals surface area contributed by atoms with E-state index in [1.54, 1.807) is 38.4 Å². The van der Waals surface area contributed by atoms with Gasteiger partial charge in [0, 0.05) is 27.5 Å². The van der Waals surface area contributed by atoms with Crippen molar-refractivity contribution in [3.05, 3.63) is 0 Å². The van der Waals surface area contributed by atoms with Crippen molar-refractivity contribution in [1.29, 1.82) is 0 Å². The Balaban J connectivity index is 4.87. The van der Waals surface area contributed by atoms with E-state index in [0.29, 0.717) is 0 Å². The van der Waals surface area contributed by atoms with E-state index in [9.17, 15) is 0 Å². The Morgan fingerprint density at radius 2 is 1.31 bits per heavy atom. The first-order valence-corrected chi connectivity index (χ1v) is 3.77. The number of rotatable bonds is 6. The van der Waals surface area contributed by atoms with Gasteiger partial charge in [-0.15, -0.1) is 10.2 Å². The molecule has 2 N–H and O–H groups in total. The van der Waals surface area contributed by atoms with Crippen molar-refractivity contribution in [2.75, 3.05) is 28.2 Å². The molecular weight excluding hydrogens is 170 g/mol. The van der Waals surface area contributed by atoms with Crippen LogP contribution >= 0.6 is 0 Å². The summed E-state index contributed by atoms with van der Waals surface area (Å²) in [5.41, 5.74) is 5.95. The monoisotopic (exact) mass is 188 g/mol. The van der Waals surface area contributed by atoms with Gasteiger partial charge in [0.25, 0.3) is 0 Å². The summed E-state index contributed by atoms with van der Waals surface area (Å²) in [6, 6.07) is 0. The number of hydrogen-bond donors (Lipinski definition) is 2. The summed E-state index contributed by atoms with van der Waals surface area (Å²) in [6.45, 7) is 6.86. The third kappa shape index (κ3) is 1.94. The molecule has 76 valence electrons. The van der Waals surface area contributed by atoms with Crippen LogP contribution in [0, 0.1) is 0 Å². The van der Waals surface area contributed by atoms with Crippen molar-refractivity contribution in [3.63, 3.8) is 0 Å². The molecule has 0 aromatic rings. The third-order valence-corrected chi connectivity index (χ3v) is 1.87. The van der Waals surface area contributed by atoms with E-state index in [0.717, 1.165) is 0 Å². The number of quaternary nitrogens is 1. The van der Waals surface area contributed by atoms with Gasteiger partial charge in [0.05, 0.1) is 19.0 Å². The molecule has 0 rings (SSSR count). The molecule has 0 aromatic heterocycles. The SMILES string of the molecule is C=NN(C)[N+](NC)(NC)N(C)N=C. The molecule has 0 spiro atoms. The summed E-state index contributed by atoms with van der Waals surface area (Å²) in [5.74, 6) is 0. The standard InChI is InChI=1S/C6H18N7/c1-7-11(5)13(9-3,10-4)12(6)8-2/h9-10H,1-2H2,3-6H3/q+1. The first-order chi connectivity index (χ1) is 6.08. The maximum Gasteiger partial charge on any atom is 0.0845 e. The predicted molar refractivity (Wildman–Crippen MR) is 53.0 cm³/mol. The van der Waals surface area contributed by atoms with Crippen LogP contribution in [-0.4, -0.2) is 56.8 Å². The summed E-state index contributed by atoms with van der Waals surface area (Å²) in [4.78, 5) is 0.00694. The molecule has 13 heavy (non-hydrogen) atoms. The van der Waals surface area contributed by atoms with Crippen molar-refractivity contribution in [3.8, 4) is 0 Å². The Morgan fingerprint density at radius 3 is 1.46 bits per heavy atom. The molecule has 0 aromatic carbocycles. The van der Waals surface area contributed by atoms with E-state index in [1.807, 2.05) is 0 Å². The summed E-state index contributed by atoms with van der Waals surface area (Å²) in [6.07, 6.45) is 0. The second kappa shape index (κ2) is 4.75. The molecule has 0 atom stereocenters. The van der Waals surface area contributed by atoms with Crippen molar-refractivity contribution in [1.82, 2.24) is 21.1 Å². The highest BCUT2D eigenvalue weighted by Crippen LogP contribution is 2.05. The van der Waals surface area contributed by atoms with E-state index >= 15 is 0 Å². The highest BCUT2D eigenvalue weighted by Gasteiger charge is 2.35. The minimum atomic E-state index is 0.00694. The molecule has 0 bridgehead atoms. The summed E-state index contributed by atoms with van der Waals surface area (Å²) < 4.78 is 0. The Kier molecular flexibility index (Phi) is 4.32. The fraction of sp³-hybridized carbons (Fsp3) is 0.667. The maximum atomic E-state index is 3.77. The third-order valence-electron chi connectivity index (χ3n) is 1.87. The number of nitrogens with zero attached hydrogens (tertiary/aromatic N) is 5. The average Bonchev–Trinajstić information content (AvgIpc) is 2.19. The fourth-order valence-corrected chi connectivity index (χ4v) is 1.06. The van der Waals surface area contributed by atoms with E-state index < -0.39 is 0 Å². The Morgan fingerprint density at radius 1 is 1.00 bits per heavy atom. The molecular formula is C6H18N7+. The predicted octanol–water partition coefficient (Wildman–Crippen LogP) is -1.00. The van der Waals surface area contributed by atoms with Crippen LogP contribution in [0.15, 0.2) is 10.2 Å². The molecule has 0 amide bonds. The Hall–Kier alpha value is -1.18. The van der Waals surface area contributed by atoms with Crippen LogP contribution in [0.1, 0.15) is 0 Å². The van der Waals surface area contributed by atoms with Gasteiger partial charge in [0.2, 0.25) is 0 Å². The van der Waals surface area contributed by atoms with E-state index in [1.165, 1.54) is 0 Å². The van der Waals surface area contributed by atoms with Crippen molar-refractivity contribution >= 4 is 13.4 Å². The van der Waals surface area contributed by atoms with Crippen molar-refractivity contribution in [2.24, 2.45) is 10.2 Å². The first-order valence-electron chi connectivity index (χ1n) is 3.77. The van der Waals surface area contributed by atoms with Gasteiger partial charge < -0.3 is 0 Å². The molecule has 0 radical (unpaired) electrons. The molecule has 0 unspecified atom stereocenters. The maximum absolute atomic E-state index is 3.77. The van der Waals surface area contributed by atoms with Crippen LogP contribution in [0.5, 0.6) is 0 Å². The van der Waals surface area contributed by atoms with Gasteiger partial charge in [-0.25, -0.2) is 0 Å². The molecule has 7 nitrogen and oxygen atoms in total. The van der Waals surface area contributed by atoms with E-state index in [2.05, 4.69) is 34.5 Å². The van der Waals surface area contributed by atoms with Crippen molar-refractivity contribution in [2.45, 2.75) is 0 Å². The highest BCUT2D eigenvalue weighted by molar-refractivity contribution is 5.22. The molecule has 0 saturated carbocycles. The summed E-state index contributed by atoms with van der Waals surface area (Å²) in [7, 11) is 7.03. The van der Waals surface area contributed by atoms with Gasteiger partial charge in [-0.2, -0.15) is 0 Å². The van der Waals surface area contributed by atoms with Gasteiger partial charge in [-0.1, -0.05) is 21.1 Å². The molecule has 0 aliphatic rings. The highest BCUT2D eigenvalue weighted by atomic mass is 16.3. The van der Waals surface area contributed by atoms with Gasteiger partial charge in [-0.05, 0) is 0 Å². The smallest absolute Gasteiger partial charge is 0.0845 e. The minimum Gasteiger partial charge on any atom is -0.140 e. The summed E-state index contributed by atoms with van der Waals surface area (Å²) in [5, 5.41) is 10.6. The van der Waals surface area contributed by atoms with E-state index in [-0.39, 0.29) is 4.92 Å². The van der Waals surface area contributed by atoms with Crippen LogP contribution in [0.25, 0.3) is 0 Å². The number of hydrazone groups is 2. The van der Waals surface area contributed by atoms with Gasteiger partial charge >= 0.3 is 0 Å². The number of nitrogens with one attached hydrogen (secondary N) is 2. The quantitative estimate of drug-likeness (QED) is 0.319. The van der Waals surface area contributed by atoms with Crippen LogP contribution in [0.4, 0.5) is 0 Å². The first kappa shape index (κ1) is 11.8. The lowest BCUT2D eigenvalue weighted by atomic mass is 11.2.